The average molecular weight is 2040 g/mol. The minimum Gasteiger partial charge on any atom is -0.512 e. The molecule has 0 spiro atoms. The molecule has 0 bridgehead atoms. The van der Waals surface area contributed by atoms with E-state index in [2.05, 4.69) is 139 Å². The van der Waals surface area contributed by atoms with Crippen LogP contribution < -0.4 is 0 Å². The van der Waals surface area contributed by atoms with Crippen LogP contribution in [0.5, 0.6) is 0 Å². The van der Waals surface area contributed by atoms with Crippen molar-refractivity contribution in [3.8, 4) is 56.3 Å². The van der Waals surface area contributed by atoms with Crippen molar-refractivity contribution in [2.24, 2.45) is 0 Å². The van der Waals surface area contributed by atoms with Crippen LogP contribution in [-0.2, 0) is 100 Å². The number of hydrogen-bond acceptors (Lipinski definition) is 11. The van der Waals surface area contributed by atoms with Crippen LogP contribution in [0.3, 0.4) is 0 Å². The standard InChI is InChI=1S/C20H13N2.C19H18N.2C15H10N.3C5H8O2.CH4.4Ir/c1-3-9-15(10-4-1)19-20(16-11-5-2-6-12-16)22-18-14-8-7-13-17(18)21-19;1-19(2,3)16-10-8-15(9-11-16)18-17-7-5-4-6-14(17)12-13-20-18;1-2-7-13(8-3-1)15-14-9-5-4-6-12(14)10-11-16-15;1-2-6-12(7-3-1)15-11-10-13-8-4-5-9-14(13)16-15;3*1-4(6)3-5(2)7;;;;;/h1-11,13-14H;4-8,10-13H,1-3H3;1-7,9-11H;1-6,8-11H;3*3,6H,1-2H3;1H4;;;;/q4*-1;;;;;;;;. The van der Waals surface area contributed by atoms with Crippen molar-refractivity contribution >= 4 is 60.8 Å². The Balaban J connectivity index is 0.000000410. The molecular weight excluding hydrogens is 1960 g/mol. The topological polar surface area (TPSA) is 176 Å². The number of fused-ring (bicyclic) bond motifs is 4. The van der Waals surface area contributed by atoms with E-state index in [0.717, 1.165) is 72.8 Å². The van der Waals surface area contributed by atoms with Crippen molar-refractivity contribution in [2.45, 2.75) is 75.2 Å². The van der Waals surface area contributed by atoms with E-state index >= 15 is 0 Å². The third-order valence-electron chi connectivity index (χ3n) is 13.6. The van der Waals surface area contributed by atoms with E-state index in [-0.39, 0.29) is 128 Å². The summed E-state index contributed by atoms with van der Waals surface area (Å²) in [6, 6.07) is 94.2. The largest absolute Gasteiger partial charge is 0.512 e. The number of allylic oxidation sites excluding steroid dienone is 6. The molecule has 0 saturated heterocycles. The number of ketones is 3. The fourth-order valence-corrected chi connectivity index (χ4v) is 9.42. The first kappa shape index (κ1) is 86.9. The van der Waals surface area contributed by atoms with Gasteiger partial charge in [-0.3, -0.25) is 29.3 Å². The van der Waals surface area contributed by atoms with Crippen molar-refractivity contribution in [2.75, 3.05) is 0 Å². The number of rotatable bonds is 8. The second-order valence-corrected chi connectivity index (χ2v) is 22.7. The predicted molar refractivity (Wildman–Crippen MR) is 394 cm³/mol. The fraction of sp³-hybridized carbons (Fsp3) is 0.129. The molecule has 0 amide bonds. The van der Waals surface area contributed by atoms with E-state index in [4.69, 9.17) is 25.3 Å². The first-order valence-corrected chi connectivity index (χ1v) is 30.7. The minimum atomic E-state index is -0.125. The Morgan fingerprint density at radius 3 is 1.14 bits per heavy atom. The van der Waals surface area contributed by atoms with E-state index in [9.17, 15) is 14.4 Å². The number of aliphatic hydroxyl groups excluding tert-OH is 3. The van der Waals surface area contributed by atoms with Gasteiger partial charge in [-0.15, -0.1) is 143 Å². The molecule has 4 aromatic heterocycles. The van der Waals surface area contributed by atoms with Gasteiger partial charge in [0.15, 0.2) is 17.3 Å². The molecule has 9 aromatic carbocycles. The van der Waals surface area contributed by atoms with Gasteiger partial charge in [0.05, 0.1) is 39.5 Å². The van der Waals surface area contributed by atoms with Crippen LogP contribution in [0.2, 0.25) is 0 Å². The predicted octanol–water partition coefficient (Wildman–Crippen LogP) is 20.9. The molecule has 0 fully saturated rings. The summed E-state index contributed by atoms with van der Waals surface area (Å²) in [7, 11) is 0. The fourth-order valence-electron chi connectivity index (χ4n) is 9.42. The third-order valence-corrected chi connectivity index (χ3v) is 13.6. The summed E-state index contributed by atoms with van der Waals surface area (Å²) < 4.78 is 0. The van der Waals surface area contributed by atoms with E-state index in [1.165, 1.54) is 92.3 Å². The molecule has 15 heteroatoms. The molecule has 520 valence electrons. The number of benzene rings is 9. The quantitative estimate of drug-likeness (QED) is 0.0750. The number of pyridine rings is 3. The molecule has 100 heavy (non-hydrogen) atoms. The van der Waals surface area contributed by atoms with Crippen molar-refractivity contribution in [1.29, 1.82) is 0 Å². The number of carbonyl (C=O) groups is 3. The van der Waals surface area contributed by atoms with Gasteiger partial charge in [-0.1, -0.05) is 150 Å². The Hall–Kier alpha value is -9.22. The van der Waals surface area contributed by atoms with E-state index < -0.39 is 0 Å². The molecule has 4 heterocycles. The van der Waals surface area contributed by atoms with Crippen LogP contribution in [0, 0.1) is 24.3 Å². The van der Waals surface area contributed by atoms with Crippen LogP contribution in [0.1, 0.15) is 75.3 Å². The molecule has 0 atom stereocenters. The van der Waals surface area contributed by atoms with Gasteiger partial charge < -0.3 is 25.3 Å². The van der Waals surface area contributed by atoms with Gasteiger partial charge in [0.25, 0.3) is 0 Å². The smallest absolute Gasteiger partial charge is 0.155 e. The first-order valence-electron chi connectivity index (χ1n) is 30.7. The van der Waals surface area contributed by atoms with Crippen molar-refractivity contribution in [3.63, 3.8) is 0 Å². The molecular formula is C85H79Ir4N5O6-4. The third kappa shape index (κ3) is 28.2. The molecule has 3 N–H and O–H groups in total. The van der Waals surface area contributed by atoms with Crippen LogP contribution >= 0.6 is 0 Å². The Morgan fingerprint density at radius 2 is 0.740 bits per heavy atom. The molecule has 0 aliphatic heterocycles. The molecule has 11 nitrogen and oxygen atoms in total. The second-order valence-electron chi connectivity index (χ2n) is 22.7. The van der Waals surface area contributed by atoms with Crippen LogP contribution in [0.25, 0.3) is 99.8 Å². The molecule has 4 radical (unpaired) electrons. The van der Waals surface area contributed by atoms with Crippen molar-refractivity contribution < 1.29 is 110 Å². The molecule has 0 aliphatic rings. The number of nitrogens with zero attached hydrogens (tertiary/aromatic N) is 5. The molecule has 0 unspecified atom stereocenters. The van der Waals surface area contributed by atoms with Gasteiger partial charge in [-0.25, -0.2) is 0 Å². The van der Waals surface area contributed by atoms with E-state index in [0.29, 0.717) is 0 Å². The summed E-state index contributed by atoms with van der Waals surface area (Å²) in [5.41, 5.74) is 14.2. The second kappa shape index (κ2) is 44.7. The Morgan fingerprint density at radius 1 is 0.360 bits per heavy atom. The average Bonchev–Trinajstić information content (AvgIpc) is 0.810. The van der Waals surface area contributed by atoms with Gasteiger partial charge in [0.2, 0.25) is 0 Å². The van der Waals surface area contributed by atoms with Crippen molar-refractivity contribution in [3.05, 3.63) is 320 Å². The van der Waals surface area contributed by atoms with Gasteiger partial charge >= 0.3 is 0 Å². The molecule has 0 aliphatic carbocycles. The zero-order valence-electron chi connectivity index (χ0n) is 56.1. The maximum atomic E-state index is 10.0. The normalized spacial score (nSPS) is 10.5. The number of aromatic nitrogens is 5. The van der Waals surface area contributed by atoms with Gasteiger partial charge in [0.1, 0.15) is 0 Å². The number of carbonyl (C=O) groups excluding carboxylic acids is 3. The van der Waals surface area contributed by atoms with Gasteiger partial charge in [0, 0.05) is 117 Å². The van der Waals surface area contributed by atoms with E-state index in [1.54, 1.807) is 0 Å². The summed E-state index contributed by atoms with van der Waals surface area (Å²) in [6.45, 7) is 15.2. The Kier molecular flexibility index (Phi) is 38.9. The van der Waals surface area contributed by atoms with Crippen LogP contribution in [0.15, 0.2) is 291 Å². The molecule has 0 saturated carbocycles. The number of hydrogen-bond donors (Lipinski definition) is 3. The number of para-hydroxylation sites is 3. The summed E-state index contributed by atoms with van der Waals surface area (Å²) in [6.07, 6.45) is 7.21. The Labute approximate surface area is 642 Å². The van der Waals surface area contributed by atoms with Crippen LogP contribution in [-0.4, -0.2) is 57.6 Å². The summed E-state index contributed by atoms with van der Waals surface area (Å²) in [5, 5.41) is 31.0. The number of aliphatic hydroxyl groups is 3. The maximum absolute atomic E-state index is 10.0. The first-order chi connectivity index (χ1) is 45.7. The zero-order valence-corrected chi connectivity index (χ0v) is 65.7. The summed E-state index contributed by atoms with van der Waals surface area (Å²) in [4.78, 5) is 53.3. The van der Waals surface area contributed by atoms with Crippen LogP contribution in [0.4, 0.5) is 0 Å². The molecule has 13 aromatic rings. The van der Waals surface area contributed by atoms with Gasteiger partial charge in [-0.05, 0) is 127 Å². The summed E-state index contributed by atoms with van der Waals surface area (Å²) in [5.74, 6) is -0.187. The monoisotopic (exact) mass is 2040 g/mol. The summed E-state index contributed by atoms with van der Waals surface area (Å²) >= 11 is 0. The maximum Gasteiger partial charge on any atom is 0.155 e. The van der Waals surface area contributed by atoms with Crippen molar-refractivity contribution in [1.82, 2.24) is 24.9 Å². The zero-order chi connectivity index (χ0) is 68.1. The molecule has 13 rings (SSSR count). The Bertz CT molecular complexity index is 4570. The minimum absolute atomic E-state index is 0. The van der Waals surface area contributed by atoms with Gasteiger partial charge in [-0.2, -0.15) is 0 Å². The van der Waals surface area contributed by atoms with E-state index in [1.807, 2.05) is 176 Å². The SMILES string of the molecule is C.CC(=O)C=C(C)O.CC(=O)C=C(C)O.CC(=O)C=C(C)O.CC(C)(C)c1c[c-]c(-c2nccc3ccccc23)cc1.[Ir].[Ir].[Ir].[Ir].[c-]1ccccc1-c1ccc2ccccc2n1.[c-]1ccccc1-c1nc2ccccc2nc1-c1ccccc1.[c-]1ccccc1-c1nccc2ccccc12.